The average Bonchev–Trinajstić information content (AvgIpc) is 3.01. The molecule has 1 aliphatic heterocycles. The van der Waals surface area contributed by atoms with Gasteiger partial charge in [0.15, 0.2) is 18.1 Å². The number of thioether (sulfide) groups is 1. The molecule has 1 fully saturated rings. The molecular weight excluding hydrogens is 545 g/mol. The van der Waals surface area contributed by atoms with Gasteiger partial charge in [-0.15, -0.1) is 0 Å². The molecule has 0 radical (unpaired) electrons. The lowest BCUT2D eigenvalue weighted by Gasteiger charge is -2.14. The van der Waals surface area contributed by atoms with Gasteiger partial charge in [-0.05, 0) is 83.5 Å². The maximum absolute atomic E-state index is 12.8. The third kappa shape index (κ3) is 6.26. The van der Waals surface area contributed by atoms with Gasteiger partial charge in [-0.2, -0.15) is 0 Å². The van der Waals surface area contributed by atoms with Crippen molar-refractivity contribution in [2.24, 2.45) is 0 Å². The van der Waals surface area contributed by atoms with Gasteiger partial charge in [-0.25, -0.2) is 4.79 Å². The highest BCUT2D eigenvalue weighted by Gasteiger charge is 2.34. The molecule has 1 aliphatic rings. The molecule has 1 heterocycles. The smallest absolute Gasteiger partial charge is 0.341 e. The third-order valence-corrected chi connectivity index (χ3v) is 6.24. The molecule has 1 saturated heterocycles. The Morgan fingerprint density at radius 3 is 2.62 bits per heavy atom. The zero-order valence-electron chi connectivity index (χ0n) is 17.4. The first-order valence-electron chi connectivity index (χ1n) is 9.99. The van der Waals surface area contributed by atoms with Crippen LogP contribution >= 0.6 is 34.4 Å². The number of amides is 2. The van der Waals surface area contributed by atoms with Crippen LogP contribution in [0.25, 0.3) is 6.08 Å². The quantitative estimate of drug-likeness (QED) is 0.325. The van der Waals surface area contributed by atoms with Crippen LogP contribution in [0.1, 0.15) is 24.5 Å². The molecule has 2 aromatic rings. The van der Waals surface area contributed by atoms with Crippen LogP contribution in [-0.2, 0) is 16.0 Å². The van der Waals surface area contributed by atoms with E-state index in [1.807, 2.05) is 52.9 Å². The molecule has 0 aliphatic carbocycles. The standard InChI is InChI=1S/C23H22INO6S/c1-2-30-18-12-16(11-17(24)21(18)31-14-20(26)27)13-19-22(28)25(23(29)32-19)10-6-9-15-7-4-3-5-8-15/h3-5,7-8,11-13H,2,6,9-10,14H2,1H3,(H,26,27)/b19-13+. The summed E-state index contributed by atoms with van der Waals surface area (Å²) >= 11 is 2.94. The number of nitrogens with zero attached hydrogens (tertiary/aromatic N) is 1. The van der Waals surface area contributed by atoms with Crippen LogP contribution in [0, 0.1) is 3.57 Å². The Labute approximate surface area is 203 Å². The Hall–Kier alpha value is -2.53. The van der Waals surface area contributed by atoms with Gasteiger partial charge in [0, 0.05) is 6.54 Å². The first kappa shape index (κ1) is 24.1. The summed E-state index contributed by atoms with van der Waals surface area (Å²) in [5.74, 6) is -0.685. The summed E-state index contributed by atoms with van der Waals surface area (Å²) in [6.45, 7) is 2.04. The van der Waals surface area contributed by atoms with Crippen molar-refractivity contribution in [3.63, 3.8) is 0 Å². The molecule has 32 heavy (non-hydrogen) atoms. The maximum Gasteiger partial charge on any atom is 0.341 e. The van der Waals surface area contributed by atoms with Gasteiger partial charge in [-0.3, -0.25) is 14.5 Å². The highest BCUT2D eigenvalue weighted by Crippen LogP contribution is 2.37. The van der Waals surface area contributed by atoms with Crippen molar-refractivity contribution in [3.8, 4) is 11.5 Å². The second-order valence-corrected chi connectivity index (χ2v) is 9.02. The van der Waals surface area contributed by atoms with Crippen LogP contribution in [0.2, 0.25) is 0 Å². The maximum atomic E-state index is 12.8. The largest absolute Gasteiger partial charge is 0.490 e. The SMILES string of the molecule is CCOc1cc(/C=C2/SC(=O)N(CCCc3ccccc3)C2=O)cc(I)c1OCC(=O)O. The van der Waals surface area contributed by atoms with Gasteiger partial charge in [0.05, 0.1) is 15.1 Å². The molecule has 0 saturated carbocycles. The number of carboxylic acid groups (broad SMARTS) is 1. The second kappa shape index (κ2) is 11.4. The van der Waals surface area contributed by atoms with E-state index >= 15 is 0 Å². The number of aryl methyl sites for hydroxylation is 1. The van der Waals surface area contributed by atoms with Gasteiger partial charge in [0.25, 0.3) is 11.1 Å². The molecule has 0 unspecified atom stereocenters. The first-order chi connectivity index (χ1) is 15.4. The molecule has 0 atom stereocenters. The summed E-state index contributed by atoms with van der Waals surface area (Å²) in [7, 11) is 0. The predicted molar refractivity (Wildman–Crippen MR) is 131 cm³/mol. The van der Waals surface area contributed by atoms with E-state index in [1.165, 1.54) is 10.5 Å². The lowest BCUT2D eigenvalue weighted by Crippen LogP contribution is -2.29. The van der Waals surface area contributed by atoms with Crippen LogP contribution in [0.3, 0.4) is 0 Å². The summed E-state index contributed by atoms with van der Waals surface area (Å²) in [5, 5.41) is 8.60. The highest BCUT2D eigenvalue weighted by atomic mass is 127. The van der Waals surface area contributed by atoms with Crippen molar-refractivity contribution in [3.05, 3.63) is 62.1 Å². The molecule has 1 N–H and O–H groups in total. The zero-order chi connectivity index (χ0) is 23.1. The van der Waals surface area contributed by atoms with E-state index in [-0.39, 0.29) is 11.1 Å². The fraction of sp³-hybridized carbons (Fsp3) is 0.261. The van der Waals surface area contributed by atoms with Crippen LogP contribution in [0.5, 0.6) is 11.5 Å². The minimum absolute atomic E-state index is 0.282. The van der Waals surface area contributed by atoms with Crippen molar-refractivity contribution in [2.45, 2.75) is 19.8 Å². The van der Waals surface area contributed by atoms with Crippen LogP contribution in [-0.4, -0.2) is 46.9 Å². The minimum Gasteiger partial charge on any atom is -0.490 e. The molecule has 0 spiro atoms. The van der Waals surface area contributed by atoms with Crippen LogP contribution < -0.4 is 9.47 Å². The number of carbonyl (C=O) groups is 3. The van der Waals surface area contributed by atoms with E-state index in [1.54, 1.807) is 25.1 Å². The fourth-order valence-corrected chi connectivity index (χ4v) is 4.78. The molecule has 9 heteroatoms. The van der Waals surface area contributed by atoms with Crippen LogP contribution in [0.4, 0.5) is 4.79 Å². The first-order valence-corrected chi connectivity index (χ1v) is 11.9. The van der Waals surface area contributed by atoms with Crippen molar-refractivity contribution < 1.29 is 29.0 Å². The molecule has 3 rings (SSSR count). The van der Waals surface area contributed by atoms with E-state index in [9.17, 15) is 14.4 Å². The minimum atomic E-state index is -1.09. The fourth-order valence-electron chi connectivity index (χ4n) is 3.14. The number of imide groups is 1. The normalized spacial score (nSPS) is 14.8. The van der Waals surface area contributed by atoms with Gasteiger partial charge in [0.1, 0.15) is 0 Å². The topological polar surface area (TPSA) is 93.1 Å². The number of halogens is 1. The summed E-state index contributed by atoms with van der Waals surface area (Å²) in [6.07, 6.45) is 3.13. The number of rotatable bonds is 10. The number of aliphatic carboxylic acids is 1. The average molecular weight is 567 g/mol. The molecule has 2 aromatic carbocycles. The van der Waals surface area contributed by atoms with Crippen molar-refractivity contribution in [1.82, 2.24) is 4.90 Å². The molecule has 0 bridgehead atoms. The highest BCUT2D eigenvalue weighted by molar-refractivity contribution is 14.1. The summed E-state index contributed by atoms with van der Waals surface area (Å²) in [5.41, 5.74) is 1.83. The summed E-state index contributed by atoms with van der Waals surface area (Å²) in [4.78, 5) is 37.7. The van der Waals surface area contributed by atoms with Gasteiger partial charge >= 0.3 is 5.97 Å². The van der Waals surface area contributed by atoms with Crippen molar-refractivity contribution in [1.29, 1.82) is 0 Å². The molecule has 7 nitrogen and oxygen atoms in total. The van der Waals surface area contributed by atoms with E-state index in [0.717, 1.165) is 18.2 Å². The third-order valence-electron chi connectivity index (χ3n) is 4.53. The number of ether oxygens (including phenoxy) is 2. The lowest BCUT2D eigenvalue weighted by molar-refractivity contribution is -0.139. The molecule has 168 valence electrons. The molecular formula is C23H22INO6S. The number of hydrogen-bond donors (Lipinski definition) is 1. The van der Waals surface area contributed by atoms with Crippen molar-refractivity contribution >= 4 is 57.5 Å². The number of carboxylic acids is 1. The molecule has 0 aromatic heterocycles. The zero-order valence-corrected chi connectivity index (χ0v) is 20.4. The van der Waals surface area contributed by atoms with Crippen molar-refractivity contribution in [2.75, 3.05) is 19.8 Å². The number of hydrogen-bond acceptors (Lipinski definition) is 6. The van der Waals surface area contributed by atoms with E-state index in [4.69, 9.17) is 14.6 Å². The van der Waals surface area contributed by atoms with Gasteiger partial charge in [0.2, 0.25) is 0 Å². The predicted octanol–water partition coefficient (Wildman–Crippen LogP) is 4.82. The van der Waals surface area contributed by atoms with Gasteiger partial charge < -0.3 is 14.6 Å². The monoisotopic (exact) mass is 567 g/mol. The number of carbonyl (C=O) groups excluding carboxylic acids is 2. The van der Waals surface area contributed by atoms with E-state index in [2.05, 4.69) is 0 Å². The van der Waals surface area contributed by atoms with E-state index < -0.39 is 12.6 Å². The Morgan fingerprint density at radius 2 is 1.94 bits per heavy atom. The second-order valence-electron chi connectivity index (χ2n) is 6.87. The Morgan fingerprint density at radius 1 is 1.19 bits per heavy atom. The van der Waals surface area contributed by atoms with Gasteiger partial charge in [-0.1, -0.05) is 30.3 Å². The summed E-state index contributed by atoms with van der Waals surface area (Å²) in [6, 6.07) is 13.4. The molecule has 2 amide bonds. The summed E-state index contributed by atoms with van der Waals surface area (Å²) < 4.78 is 11.6. The Kier molecular flexibility index (Phi) is 8.57. The Bertz CT molecular complexity index is 1040. The van der Waals surface area contributed by atoms with Crippen LogP contribution in [0.15, 0.2) is 47.4 Å². The number of benzene rings is 2. The Balaban J connectivity index is 1.73. The van der Waals surface area contributed by atoms with E-state index in [0.29, 0.717) is 45.1 Å². The lowest BCUT2D eigenvalue weighted by atomic mass is 10.1.